The van der Waals surface area contributed by atoms with Crippen LogP contribution in [0.5, 0.6) is 0 Å². The molecule has 2 aliphatic rings. The van der Waals surface area contributed by atoms with Gasteiger partial charge in [-0.05, 0) is 22.9 Å². The highest BCUT2D eigenvalue weighted by Crippen LogP contribution is 2.41. The highest BCUT2D eigenvalue weighted by Gasteiger charge is 2.54. The van der Waals surface area contributed by atoms with Gasteiger partial charge < -0.3 is 21.1 Å². The first kappa shape index (κ1) is 26.0. The van der Waals surface area contributed by atoms with Gasteiger partial charge in [0, 0.05) is 22.9 Å². The molecule has 0 spiro atoms. The van der Waals surface area contributed by atoms with Crippen molar-refractivity contribution < 1.29 is 24.3 Å². The van der Waals surface area contributed by atoms with Gasteiger partial charge in [0.15, 0.2) is 0 Å². The van der Waals surface area contributed by atoms with Gasteiger partial charge in [-0.3, -0.25) is 14.5 Å². The molecular weight excluding hydrogens is 526 g/mol. The predicted octanol–water partition coefficient (Wildman–Crippen LogP) is 1.39. The summed E-state index contributed by atoms with van der Waals surface area (Å²) in [7, 11) is 0. The maximum Gasteiger partial charge on any atom is 0.352 e. The lowest BCUT2D eigenvalue weighted by molar-refractivity contribution is -0.150. The zero-order valence-electron chi connectivity index (χ0n) is 19.4. The average molecular weight is 552 g/mol. The summed E-state index contributed by atoms with van der Waals surface area (Å²) < 4.78 is 0. The van der Waals surface area contributed by atoms with E-state index in [1.807, 2.05) is 13.8 Å². The summed E-state index contributed by atoms with van der Waals surface area (Å²) in [6, 6.07) is 1.12. The standard InChI is InChI=1S/C21H25N7O5S3/c1-10(2)6-22-21(33)25-14(12-4-3-5-34-12)17(29)24-15-18(30)28-16(20(31)32)11(9-36-19(15)28)8-35-13-7-23-27-26-13/h3-5,7,10,14-15,19H,6,8-9H2,1-2H3,(H,24,29)(H,31,32)(H2,22,25,33)(H,23,26,27)/t14?,15-,19?/m0/s1. The third-order valence-corrected chi connectivity index (χ3v) is 8.63. The Kier molecular flexibility index (Phi) is 8.21. The zero-order chi connectivity index (χ0) is 25.8. The van der Waals surface area contributed by atoms with Gasteiger partial charge in [0.1, 0.15) is 28.2 Å². The van der Waals surface area contributed by atoms with E-state index in [4.69, 9.17) is 0 Å². The first-order chi connectivity index (χ1) is 17.3. The van der Waals surface area contributed by atoms with Crippen molar-refractivity contribution in [3.05, 3.63) is 39.9 Å². The maximum absolute atomic E-state index is 13.2. The monoisotopic (exact) mass is 551 g/mol. The van der Waals surface area contributed by atoms with Crippen LogP contribution in [0.25, 0.3) is 0 Å². The van der Waals surface area contributed by atoms with E-state index < -0.39 is 41.3 Å². The van der Waals surface area contributed by atoms with Gasteiger partial charge in [-0.25, -0.2) is 9.59 Å². The van der Waals surface area contributed by atoms with E-state index in [1.54, 1.807) is 17.5 Å². The number of thioether (sulfide) groups is 2. The number of thiophene rings is 1. The Bertz CT molecular complexity index is 1150. The number of β-lactam (4-membered cyclic amide) rings is 1. The number of hydrogen-bond donors (Lipinski definition) is 5. The molecule has 2 aromatic rings. The van der Waals surface area contributed by atoms with Crippen molar-refractivity contribution in [1.29, 1.82) is 0 Å². The number of carboxylic acid groups (broad SMARTS) is 1. The average Bonchev–Trinajstić information content (AvgIpc) is 3.57. The molecule has 4 amide bonds. The molecule has 2 aliphatic heterocycles. The SMILES string of the molecule is CC(C)CNC(=O)NC(C(=O)N[C@H]1C(=O)N2C(C(=O)O)=C(CSc3cn[nH]n3)CSC12)c1cccs1. The van der Waals surface area contributed by atoms with Crippen LogP contribution in [0.1, 0.15) is 24.8 Å². The summed E-state index contributed by atoms with van der Waals surface area (Å²) >= 11 is 4.01. The van der Waals surface area contributed by atoms with Gasteiger partial charge in [-0.2, -0.15) is 10.3 Å². The molecule has 1 saturated heterocycles. The molecule has 4 rings (SSSR count). The molecule has 2 unspecified atom stereocenters. The molecule has 12 nitrogen and oxygen atoms in total. The first-order valence-corrected chi connectivity index (χ1v) is 13.9. The minimum Gasteiger partial charge on any atom is -0.477 e. The largest absolute Gasteiger partial charge is 0.477 e. The van der Waals surface area contributed by atoms with Crippen molar-refractivity contribution in [3.63, 3.8) is 0 Å². The molecule has 0 saturated carbocycles. The Morgan fingerprint density at radius 2 is 2.17 bits per heavy atom. The number of hydrogen-bond acceptors (Lipinski definition) is 9. The van der Waals surface area contributed by atoms with Crippen molar-refractivity contribution in [2.75, 3.05) is 18.1 Å². The van der Waals surface area contributed by atoms with Crippen LogP contribution in [-0.2, 0) is 14.4 Å². The molecule has 192 valence electrons. The Morgan fingerprint density at radius 1 is 1.36 bits per heavy atom. The van der Waals surface area contributed by atoms with E-state index in [1.165, 1.54) is 46.0 Å². The minimum absolute atomic E-state index is 0.0637. The number of aliphatic carboxylic acids is 1. The van der Waals surface area contributed by atoms with Crippen LogP contribution < -0.4 is 16.0 Å². The van der Waals surface area contributed by atoms with Gasteiger partial charge in [0.05, 0.1) is 6.20 Å². The molecule has 5 N–H and O–H groups in total. The fourth-order valence-corrected chi connectivity index (χ4v) is 6.70. The summed E-state index contributed by atoms with van der Waals surface area (Å²) in [6.45, 7) is 4.36. The van der Waals surface area contributed by atoms with E-state index in [-0.39, 0.29) is 11.6 Å². The summed E-state index contributed by atoms with van der Waals surface area (Å²) in [5.41, 5.74) is 0.529. The Balaban J connectivity index is 1.44. The minimum atomic E-state index is -1.20. The van der Waals surface area contributed by atoms with E-state index in [0.29, 0.717) is 33.5 Å². The van der Waals surface area contributed by atoms with Crippen LogP contribution in [0.2, 0.25) is 0 Å². The summed E-state index contributed by atoms with van der Waals surface area (Å²) in [6.07, 6.45) is 1.53. The molecule has 36 heavy (non-hydrogen) atoms. The number of nitrogens with one attached hydrogen (secondary N) is 4. The van der Waals surface area contributed by atoms with E-state index in [2.05, 4.69) is 31.4 Å². The fourth-order valence-electron chi connectivity index (χ4n) is 3.65. The predicted molar refractivity (Wildman–Crippen MR) is 135 cm³/mol. The van der Waals surface area contributed by atoms with Crippen LogP contribution in [0, 0.1) is 5.92 Å². The molecule has 0 bridgehead atoms. The Hall–Kier alpha value is -3.04. The van der Waals surface area contributed by atoms with Gasteiger partial charge in [-0.15, -0.1) is 28.2 Å². The number of aromatic nitrogens is 3. The van der Waals surface area contributed by atoms with Gasteiger partial charge >= 0.3 is 12.0 Å². The topological polar surface area (TPSA) is 169 Å². The van der Waals surface area contributed by atoms with Crippen LogP contribution in [-0.4, -0.2) is 78.7 Å². The number of H-pyrrole nitrogens is 1. The van der Waals surface area contributed by atoms with Crippen molar-refractivity contribution >= 4 is 58.7 Å². The van der Waals surface area contributed by atoms with E-state index >= 15 is 0 Å². The number of nitrogens with zero attached hydrogens (tertiary/aromatic N) is 3. The first-order valence-electron chi connectivity index (χ1n) is 11.0. The highest BCUT2D eigenvalue weighted by atomic mass is 32.2. The lowest BCUT2D eigenvalue weighted by atomic mass is 10.0. The zero-order valence-corrected chi connectivity index (χ0v) is 21.8. The quantitative estimate of drug-likeness (QED) is 0.216. The van der Waals surface area contributed by atoms with E-state index in [9.17, 15) is 24.3 Å². The van der Waals surface area contributed by atoms with Crippen LogP contribution in [0.4, 0.5) is 4.79 Å². The van der Waals surface area contributed by atoms with Gasteiger partial charge in [0.25, 0.3) is 5.91 Å². The number of carbonyl (C=O) groups is 4. The van der Waals surface area contributed by atoms with Crippen LogP contribution in [0.15, 0.2) is 40.0 Å². The van der Waals surface area contributed by atoms with Crippen molar-refractivity contribution in [1.82, 2.24) is 36.3 Å². The fraction of sp³-hybridized carbons (Fsp3) is 0.429. The van der Waals surface area contributed by atoms with E-state index in [0.717, 1.165) is 0 Å². The second kappa shape index (κ2) is 11.3. The Labute approximate surface area is 219 Å². The third kappa shape index (κ3) is 5.68. The number of urea groups is 1. The molecule has 1 fully saturated rings. The molecule has 2 aromatic heterocycles. The molecule has 0 radical (unpaired) electrons. The lowest BCUT2D eigenvalue weighted by Crippen LogP contribution is -2.71. The van der Waals surface area contributed by atoms with Crippen molar-refractivity contribution in [2.45, 2.75) is 36.3 Å². The number of amides is 4. The lowest BCUT2D eigenvalue weighted by Gasteiger charge is -2.49. The smallest absolute Gasteiger partial charge is 0.352 e. The molecule has 15 heteroatoms. The normalized spacial score (nSPS) is 20.0. The Morgan fingerprint density at radius 3 is 2.81 bits per heavy atom. The van der Waals surface area contributed by atoms with Crippen molar-refractivity contribution in [3.8, 4) is 0 Å². The second-order valence-corrected chi connectivity index (χ2v) is 11.5. The third-order valence-electron chi connectivity index (χ3n) is 5.37. The van der Waals surface area contributed by atoms with Crippen LogP contribution in [0.3, 0.4) is 0 Å². The molecule has 0 aliphatic carbocycles. The van der Waals surface area contributed by atoms with Gasteiger partial charge in [0.2, 0.25) is 5.91 Å². The number of aromatic amines is 1. The number of carboxylic acids is 1. The van der Waals surface area contributed by atoms with Crippen LogP contribution >= 0.6 is 34.9 Å². The molecule has 3 atom stereocenters. The highest BCUT2D eigenvalue weighted by molar-refractivity contribution is 8.01. The molecule has 0 aromatic carbocycles. The number of carbonyl (C=O) groups excluding carboxylic acids is 3. The second-order valence-electron chi connectivity index (χ2n) is 8.45. The number of rotatable bonds is 10. The summed E-state index contributed by atoms with van der Waals surface area (Å²) in [5, 5.41) is 30.0. The summed E-state index contributed by atoms with van der Waals surface area (Å²) in [4.78, 5) is 52.4. The number of fused-ring (bicyclic) bond motifs is 1. The summed E-state index contributed by atoms with van der Waals surface area (Å²) in [5.74, 6) is -1.28. The van der Waals surface area contributed by atoms with Crippen molar-refractivity contribution in [2.24, 2.45) is 5.92 Å². The molecular formula is C21H25N7O5S3. The maximum atomic E-state index is 13.2. The van der Waals surface area contributed by atoms with Gasteiger partial charge in [-0.1, -0.05) is 31.7 Å². The molecule has 4 heterocycles.